The number of hydrogen-bond donors (Lipinski definition) is 2. The molecule has 130 valence electrons. The number of hydrogen-bond acceptors (Lipinski definition) is 5. The summed E-state index contributed by atoms with van der Waals surface area (Å²) in [7, 11) is 0. The van der Waals surface area contributed by atoms with Crippen molar-refractivity contribution < 1.29 is 4.79 Å². The summed E-state index contributed by atoms with van der Waals surface area (Å²) in [6.07, 6.45) is 3.14. The van der Waals surface area contributed by atoms with E-state index < -0.39 is 0 Å². The Bertz CT molecular complexity index is 888. The van der Waals surface area contributed by atoms with Gasteiger partial charge in [-0.05, 0) is 44.0 Å². The first kappa shape index (κ1) is 16.4. The van der Waals surface area contributed by atoms with Crippen LogP contribution in [0.1, 0.15) is 18.5 Å². The number of piperidine rings is 1. The summed E-state index contributed by atoms with van der Waals surface area (Å²) in [5.41, 5.74) is 2.87. The monoisotopic (exact) mass is 355 g/mol. The summed E-state index contributed by atoms with van der Waals surface area (Å²) in [6.45, 7) is 2.64. The van der Waals surface area contributed by atoms with Gasteiger partial charge in [0.15, 0.2) is 5.16 Å². The topological polar surface area (TPSA) is 71.3 Å². The van der Waals surface area contributed by atoms with Crippen molar-refractivity contribution in [2.45, 2.75) is 24.5 Å². The van der Waals surface area contributed by atoms with E-state index >= 15 is 0 Å². The van der Waals surface area contributed by atoms with E-state index in [0.717, 1.165) is 52.0 Å². The van der Waals surface area contributed by atoms with Crippen LogP contribution in [0.5, 0.6) is 0 Å². The number of aromatic nitrogens is 3. The first-order valence-electron chi connectivity index (χ1n) is 8.63. The van der Waals surface area contributed by atoms with Gasteiger partial charge in [0.05, 0.1) is 23.3 Å². The number of para-hydroxylation sites is 1. The molecule has 3 heterocycles. The maximum absolute atomic E-state index is 10.6. The van der Waals surface area contributed by atoms with Gasteiger partial charge in [-0.15, -0.1) is 0 Å². The van der Waals surface area contributed by atoms with E-state index in [4.69, 9.17) is 4.98 Å². The zero-order chi connectivity index (χ0) is 17.1. The first-order chi connectivity index (χ1) is 12.3. The molecule has 1 amide bonds. The predicted octanol–water partition coefficient (Wildman–Crippen LogP) is 2.22. The summed E-state index contributed by atoms with van der Waals surface area (Å²) in [5, 5.41) is 12.8. The molecule has 0 spiro atoms. The van der Waals surface area contributed by atoms with E-state index in [1.807, 2.05) is 28.8 Å². The summed E-state index contributed by atoms with van der Waals surface area (Å²) in [4.78, 5) is 15.4. The van der Waals surface area contributed by atoms with Crippen molar-refractivity contribution >= 4 is 34.6 Å². The van der Waals surface area contributed by atoms with Crippen LogP contribution in [0.2, 0.25) is 0 Å². The van der Waals surface area contributed by atoms with Gasteiger partial charge in [0, 0.05) is 11.1 Å². The SMILES string of the molecule is O=CNCc1cc2c3ccccc3nc(SCC3CCNCC3)n2n1. The molecule has 0 bridgehead atoms. The Labute approximate surface area is 150 Å². The molecular formula is C18H21N5OS. The molecule has 7 heteroatoms. The van der Waals surface area contributed by atoms with Gasteiger partial charge < -0.3 is 10.6 Å². The maximum Gasteiger partial charge on any atom is 0.207 e. The van der Waals surface area contributed by atoms with Crippen LogP contribution >= 0.6 is 11.8 Å². The fraction of sp³-hybridized carbons (Fsp3) is 0.389. The van der Waals surface area contributed by atoms with Crippen molar-refractivity contribution in [2.75, 3.05) is 18.8 Å². The minimum absolute atomic E-state index is 0.428. The van der Waals surface area contributed by atoms with E-state index in [-0.39, 0.29) is 0 Å². The second-order valence-electron chi connectivity index (χ2n) is 6.35. The van der Waals surface area contributed by atoms with Crippen LogP contribution in [-0.2, 0) is 11.3 Å². The number of carbonyl (C=O) groups excluding carboxylic acids is 1. The molecule has 6 nitrogen and oxygen atoms in total. The fourth-order valence-corrected chi connectivity index (χ4v) is 4.42. The summed E-state index contributed by atoms with van der Waals surface area (Å²) in [6, 6.07) is 10.2. The van der Waals surface area contributed by atoms with Crippen LogP contribution in [0.3, 0.4) is 0 Å². The highest BCUT2D eigenvalue weighted by atomic mass is 32.2. The number of fused-ring (bicyclic) bond motifs is 3. The molecular weight excluding hydrogens is 334 g/mol. The minimum atomic E-state index is 0.428. The predicted molar refractivity (Wildman–Crippen MR) is 99.7 cm³/mol. The van der Waals surface area contributed by atoms with Gasteiger partial charge in [-0.25, -0.2) is 9.50 Å². The van der Waals surface area contributed by atoms with Gasteiger partial charge in [0.25, 0.3) is 0 Å². The molecule has 4 rings (SSSR count). The first-order valence-corrected chi connectivity index (χ1v) is 9.61. The summed E-state index contributed by atoms with van der Waals surface area (Å²) < 4.78 is 1.93. The Hall–Kier alpha value is -2.12. The molecule has 0 atom stereocenters. The average molecular weight is 355 g/mol. The Balaban J connectivity index is 1.69. The summed E-state index contributed by atoms with van der Waals surface area (Å²) in [5.74, 6) is 1.78. The van der Waals surface area contributed by atoms with Gasteiger partial charge in [0.2, 0.25) is 6.41 Å². The van der Waals surface area contributed by atoms with Gasteiger partial charge in [-0.3, -0.25) is 4.79 Å². The number of benzene rings is 1. The average Bonchev–Trinajstić information content (AvgIpc) is 3.10. The lowest BCUT2D eigenvalue weighted by molar-refractivity contribution is -0.109. The van der Waals surface area contributed by atoms with Crippen LogP contribution in [0.25, 0.3) is 16.4 Å². The highest BCUT2D eigenvalue weighted by Crippen LogP contribution is 2.28. The lowest BCUT2D eigenvalue weighted by Gasteiger charge is -2.21. The van der Waals surface area contributed by atoms with E-state index in [0.29, 0.717) is 13.0 Å². The van der Waals surface area contributed by atoms with Gasteiger partial charge in [-0.1, -0.05) is 30.0 Å². The highest BCUT2D eigenvalue weighted by Gasteiger charge is 2.16. The number of carbonyl (C=O) groups is 1. The van der Waals surface area contributed by atoms with E-state index in [1.54, 1.807) is 11.8 Å². The second kappa shape index (κ2) is 7.41. The standard InChI is InChI=1S/C18H21N5OS/c24-12-20-10-14-9-17-15-3-1-2-4-16(15)21-18(23(17)22-14)25-11-13-5-7-19-8-6-13/h1-4,9,12-13,19H,5-8,10-11H2,(H,20,24). The molecule has 0 unspecified atom stereocenters. The minimum Gasteiger partial charge on any atom is -0.353 e. The van der Waals surface area contributed by atoms with Gasteiger partial charge >= 0.3 is 0 Å². The molecule has 1 aliphatic rings. The van der Waals surface area contributed by atoms with Crippen LogP contribution in [0.4, 0.5) is 0 Å². The quantitative estimate of drug-likeness (QED) is 0.403. The number of nitrogens with one attached hydrogen (secondary N) is 2. The highest BCUT2D eigenvalue weighted by molar-refractivity contribution is 7.99. The Morgan fingerprint density at radius 3 is 3.00 bits per heavy atom. The molecule has 2 N–H and O–H groups in total. The summed E-state index contributed by atoms with van der Waals surface area (Å²) >= 11 is 1.78. The van der Waals surface area contributed by atoms with Crippen molar-refractivity contribution in [3.8, 4) is 0 Å². The molecule has 25 heavy (non-hydrogen) atoms. The molecule has 0 saturated carbocycles. The third-order valence-electron chi connectivity index (χ3n) is 4.61. The fourth-order valence-electron chi connectivity index (χ4n) is 3.27. The molecule has 0 aliphatic carbocycles. The van der Waals surface area contributed by atoms with Crippen LogP contribution in [-0.4, -0.2) is 39.9 Å². The normalized spacial score (nSPS) is 15.7. The third kappa shape index (κ3) is 3.48. The zero-order valence-electron chi connectivity index (χ0n) is 13.9. The molecule has 1 fully saturated rings. The van der Waals surface area contributed by atoms with E-state index in [1.165, 1.54) is 12.8 Å². The molecule has 2 aromatic heterocycles. The Kier molecular flexibility index (Phi) is 4.85. The van der Waals surface area contributed by atoms with Crippen molar-refractivity contribution in [1.82, 2.24) is 25.2 Å². The Morgan fingerprint density at radius 2 is 2.16 bits per heavy atom. The molecule has 3 aromatic rings. The number of amides is 1. The number of rotatable bonds is 6. The van der Waals surface area contributed by atoms with Crippen LogP contribution < -0.4 is 10.6 Å². The van der Waals surface area contributed by atoms with Gasteiger partial charge in [0.1, 0.15) is 0 Å². The van der Waals surface area contributed by atoms with Crippen molar-refractivity contribution in [3.63, 3.8) is 0 Å². The lowest BCUT2D eigenvalue weighted by Crippen LogP contribution is -2.28. The molecule has 1 saturated heterocycles. The smallest absolute Gasteiger partial charge is 0.207 e. The number of thioether (sulfide) groups is 1. The van der Waals surface area contributed by atoms with Crippen molar-refractivity contribution in [2.24, 2.45) is 5.92 Å². The van der Waals surface area contributed by atoms with E-state index in [9.17, 15) is 4.79 Å². The third-order valence-corrected chi connectivity index (χ3v) is 5.77. The molecule has 0 radical (unpaired) electrons. The Morgan fingerprint density at radius 1 is 1.32 bits per heavy atom. The largest absolute Gasteiger partial charge is 0.353 e. The van der Waals surface area contributed by atoms with Crippen molar-refractivity contribution in [3.05, 3.63) is 36.0 Å². The van der Waals surface area contributed by atoms with Crippen molar-refractivity contribution in [1.29, 1.82) is 0 Å². The van der Waals surface area contributed by atoms with Crippen LogP contribution in [0, 0.1) is 5.92 Å². The second-order valence-corrected chi connectivity index (χ2v) is 7.33. The van der Waals surface area contributed by atoms with Gasteiger partial charge in [-0.2, -0.15) is 5.10 Å². The maximum atomic E-state index is 10.6. The van der Waals surface area contributed by atoms with Crippen LogP contribution in [0.15, 0.2) is 35.5 Å². The molecule has 1 aromatic carbocycles. The number of nitrogens with zero attached hydrogens (tertiary/aromatic N) is 3. The lowest BCUT2D eigenvalue weighted by atomic mass is 10.0. The van der Waals surface area contributed by atoms with E-state index in [2.05, 4.69) is 21.8 Å². The molecule has 1 aliphatic heterocycles. The zero-order valence-corrected chi connectivity index (χ0v) is 14.8.